The number of carboxylic acids is 1. The number of aromatic nitrogens is 1. The fourth-order valence-electron chi connectivity index (χ4n) is 3.28. The van der Waals surface area contributed by atoms with Crippen LogP contribution in [0.15, 0.2) is 34.9 Å². The summed E-state index contributed by atoms with van der Waals surface area (Å²) in [5.74, 6) is 1.28. The van der Waals surface area contributed by atoms with E-state index in [9.17, 15) is 4.79 Å². The summed E-state index contributed by atoms with van der Waals surface area (Å²) >= 11 is 0. The number of carboxylic acid groups (broad SMARTS) is 1. The van der Waals surface area contributed by atoms with Gasteiger partial charge in [0.1, 0.15) is 0 Å². The van der Waals surface area contributed by atoms with Crippen molar-refractivity contribution >= 4 is 5.97 Å². The van der Waals surface area contributed by atoms with Crippen LogP contribution >= 0.6 is 0 Å². The summed E-state index contributed by atoms with van der Waals surface area (Å²) in [6.07, 6.45) is 5.02. The maximum absolute atomic E-state index is 10.7. The van der Waals surface area contributed by atoms with Crippen molar-refractivity contribution in [2.24, 2.45) is 5.92 Å². The van der Waals surface area contributed by atoms with E-state index in [1.807, 2.05) is 12.1 Å². The summed E-state index contributed by atoms with van der Waals surface area (Å²) in [7, 11) is 0. The van der Waals surface area contributed by atoms with Crippen molar-refractivity contribution in [2.75, 3.05) is 13.1 Å². The van der Waals surface area contributed by atoms with Gasteiger partial charge >= 0.3 is 5.97 Å². The lowest BCUT2D eigenvalue weighted by Crippen LogP contribution is -2.35. The van der Waals surface area contributed by atoms with Crippen molar-refractivity contribution in [3.05, 3.63) is 41.9 Å². The van der Waals surface area contributed by atoms with Gasteiger partial charge in [0.2, 0.25) is 5.89 Å². The summed E-state index contributed by atoms with van der Waals surface area (Å²) in [4.78, 5) is 17.5. The molecule has 1 aromatic carbocycles. The van der Waals surface area contributed by atoms with E-state index >= 15 is 0 Å². The smallest absolute Gasteiger partial charge is 0.303 e. The number of benzene rings is 1. The first-order chi connectivity index (χ1) is 11.6. The number of nitrogens with zero attached hydrogens (tertiary/aromatic N) is 2. The van der Waals surface area contributed by atoms with Gasteiger partial charge in [-0.1, -0.05) is 29.8 Å². The Morgan fingerprint density at radius 3 is 2.92 bits per heavy atom. The first-order valence-corrected chi connectivity index (χ1v) is 8.56. The third-order valence-electron chi connectivity index (χ3n) is 4.62. The average molecular weight is 328 g/mol. The van der Waals surface area contributed by atoms with Crippen molar-refractivity contribution in [3.63, 3.8) is 0 Å². The number of carbonyl (C=O) groups is 1. The zero-order valence-corrected chi connectivity index (χ0v) is 14.1. The lowest BCUT2D eigenvalue weighted by atomic mass is 9.93. The van der Waals surface area contributed by atoms with E-state index < -0.39 is 5.97 Å². The number of aliphatic carboxylic acids is 1. The molecule has 128 valence electrons. The second kappa shape index (κ2) is 7.62. The van der Waals surface area contributed by atoms with E-state index in [2.05, 4.69) is 28.9 Å². The summed E-state index contributed by atoms with van der Waals surface area (Å²) in [6.45, 7) is 4.70. The molecular weight excluding hydrogens is 304 g/mol. The molecule has 0 aliphatic carbocycles. The maximum atomic E-state index is 10.7. The number of aryl methyl sites for hydroxylation is 1. The molecule has 2 heterocycles. The highest BCUT2D eigenvalue weighted by molar-refractivity contribution is 5.66. The van der Waals surface area contributed by atoms with Gasteiger partial charge in [-0.15, -0.1) is 0 Å². The minimum absolute atomic E-state index is 0.259. The number of hydrogen-bond donors (Lipinski definition) is 1. The first-order valence-electron chi connectivity index (χ1n) is 8.56. The van der Waals surface area contributed by atoms with Crippen LogP contribution in [-0.2, 0) is 11.3 Å². The first kappa shape index (κ1) is 16.7. The topological polar surface area (TPSA) is 66.6 Å². The van der Waals surface area contributed by atoms with Crippen LogP contribution in [0.25, 0.3) is 11.3 Å². The fourth-order valence-corrected chi connectivity index (χ4v) is 3.28. The molecule has 0 saturated carbocycles. The summed E-state index contributed by atoms with van der Waals surface area (Å²) < 4.78 is 5.90. The normalized spacial score (nSPS) is 18.6. The van der Waals surface area contributed by atoms with E-state index in [0.717, 1.165) is 49.6 Å². The summed E-state index contributed by atoms with van der Waals surface area (Å²) in [6, 6.07) is 8.22. The molecule has 1 aromatic heterocycles. The lowest BCUT2D eigenvalue weighted by molar-refractivity contribution is -0.137. The number of likely N-dealkylation sites (tertiary alicyclic amines) is 1. The third-order valence-corrected chi connectivity index (χ3v) is 4.62. The molecular formula is C19H24N2O3. The molecule has 0 bridgehead atoms. The van der Waals surface area contributed by atoms with Crippen LogP contribution in [0.3, 0.4) is 0 Å². The van der Waals surface area contributed by atoms with Crippen LogP contribution in [0.4, 0.5) is 0 Å². The summed E-state index contributed by atoms with van der Waals surface area (Å²) in [5.41, 5.74) is 2.26. The predicted octanol–water partition coefficient (Wildman–Crippen LogP) is 3.73. The highest BCUT2D eigenvalue weighted by atomic mass is 16.4. The highest BCUT2D eigenvalue weighted by Crippen LogP contribution is 2.24. The van der Waals surface area contributed by atoms with Gasteiger partial charge in [-0.05, 0) is 38.6 Å². The molecule has 1 N–H and O–H groups in total. The van der Waals surface area contributed by atoms with Gasteiger partial charge in [0.05, 0.1) is 12.7 Å². The van der Waals surface area contributed by atoms with Crippen LogP contribution < -0.4 is 0 Å². The van der Waals surface area contributed by atoms with Gasteiger partial charge in [-0.2, -0.15) is 0 Å². The molecule has 1 saturated heterocycles. The van der Waals surface area contributed by atoms with Gasteiger partial charge in [-0.25, -0.2) is 4.98 Å². The molecule has 0 amide bonds. The molecule has 1 aliphatic rings. The molecule has 5 heteroatoms. The average Bonchev–Trinajstić information content (AvgIpc) is 3.02. The van der Waals surface area contributed by atoms with Gasteiger partial charge in [-0.3, -0.25) is 9.69 Å². The van der Waals surface area contributed by atoms with Crippen molar-refractivity contribution in [2.45, 2.75) is 39.2 Å². The maximum Gasteiger partial charge on any atom is 0.303 e. The molecule has 3 rings (SSSR count). The number of hydrogen-bond acceptors (Lipinski definition) is 4. The van der Waals surface area contributed by atoms with Crippen LogP contribution in [0.2, 0.25) is 0 Å². The highest BCUT2D eigenvalue weighted by Gasteiger charge is 2.22. The molecule has 0 radical (unpaired) electrons. The van der Waals surface area contributed by atoms with Crippen LogP contribution in [0.1, 0.15) is 37.1 Å². The van der Waals surface area contributed by atoms with E-state index in [1.54, 1.807) is 6.20 Å². The van der Waals surface area contributed by atoms with Crippen molar-refractivity contribution in [1.82, 2.24) is 9.88 Å². The van der Waals surface area contributed by atoms with Crippen LogP contribution in [0.5, 0.6) is 0 Å². The molecule has 1 aliphatic heterocycles. The number of rotatable bonds is 6. The Kier molecular flexibility index (Phi) is 5.30. The quantitative estimate of drug-likeness (QED) is 0.875. The van der Waals surface area contributed by atoms with E-state index in [0.29, 0.717) is 12.5 Å². The third kappa shape index (κ3) is 4.45. The van der Waals surface area contributed by atoms with Crippen LogP contribution in [-0.4, -0.2) is 34.0 Å². The van der Waals surface area contributed by atoms with E-state index in [4.69, 9.17) is 9.52 Å². The number of piperidine rings is 1. The largest absolute Gasteiger partial charge is 0.481 e. The molecule has 1 unspecified atom stereocenters. The minimum atomic E-state index is -0.706. The van der Waals surface area contributed by atoms with Crippen molar-refractivity contribution in [1.29, 1.82) is 0 Å². The van der Waals surface area contributed by atoms with E-state index in [1.165, 1.54) is 5.56 Å². The molecule has 1 fully saturated rings. The standard InChI is InChI=1S/C19H24N2O3/c1-14-4-7-16(8-5-14)17-11-20-18(24-17)13-21-10-2-3-15(12-21)6-9-19(22)23/h4-5,7-8,11,15H,2-3,6,9-10,12-13H2,1H3,(H,22,23). The van der Waals surface area contributed by atoms with E-state index in [-0.39, 0.29) is 6.42 Å². The zero-order chi connectivity index (χ0) is 16.9. The Hall–Kier alpha value is -2.14. The lowest BCUT2D eigenvalue weighted by Gasteiger charge is -2.31. The summed E-state index contributed by atoms with van der Waals surface area (Å²) in [5, 5.41) is 8.83. The Labute approximate surface area is 142 Å². The molecule has 24 heavy (non-hydrogen) atoms. The van der Waals surface area contributed by atoms with Crippen molar-refractivity contribution in [3.8, 4) is 11.3 Å². The SMILES string of the molecule is Cc1ccc(-c2cnc(CN3CCCC(CCC(=O)O)C3)o2)cc1. The van der Waals surface area contributed by atoms with Gasteiger partial charge < -0.3 is 9.52 Å². The Bertz CT molecular complexity index is 678. The predicted molar refractivity (Wildman–Crippen MR) is 91.5 cm³/mol. The minimum Gasteiger partial charge on any atom is -0.481 e. The van der Waals surface area contributed by atoms with Gasteiger partial charge in [0.15, 0.2) is 5.76 Å². The molecule has 0 spiro atoms. The second-order valence-corrected chi connectivity index (χ2v) is 6.66. The zero-order valence-electron chi connectivity index (χ0n) is 14.1. The second-order valence-electron chi connectivity index (χ2n) is 6.66. The Morgan fingerprint density at radius 1 is 1.38 bits per heavy atom. The Balaban J connectivity index is 1.58. The molecule has 2 aromatic rings. The molecule has 1 atom stereocenters. The molecule has 5 nitrogen and oxygen atoms in total. The monoisotopic (exact) mass is 328 g/mol. The van der Waals surface area contributed by atoms with Crippen LogP contribution in [0, 0.1) is 12.8 Å². The van der Waals surface area contributed by atoms with Gasteiger partial charge in [0.25, 0.3) is 0 Å². The Morgan fingerprint density at radius 2 is 2.17 bits per heavy atom. The van der Waals surface area contributed by atoms with Crippen molar-refractivity contribution < 1.29 is 14.3 Å². The number of oxazole rings is 1. The van der Waals surface area contributed by atoms with Gasteiger partial charge in [0, 0.05) is 18.5 Å². The fraction of sp³-hybridized carbons (Fsp3) is 0.474.